The van der Waals surface area contributed by atoms with Crippen molar-refractivity contribution in [3.63, 3.8) is 0 Å². The maximum Gasteiger partial charge on any atom is 0.121 e. The molecule has 1 N–H and O–H groups in total. The number of benzene rings is 1. The quantitative estimate of drug-likeness (QED) is 0.879. The lowest BCUT2D eigenvalue weighted by Gasteiger charge is -2.41. The van der Waals surface area contributed by atoms with Crippen molar-refractivity contribution in [3.8, 4) is 5.75 Å². The Bertz CT molecular complexity index is 459. The highest BCUT2D eigenvalue weighted by molar-refractivity contribution is 5.42. The van der Waals surface area contributed by atoms with Gasteiger partial charge in [0.2, 0.25) is 0 Å². The van der Waals surface area contributed by atoms with E-state index in [0.29, 0.717) is 5.75 Å². The fourth-order valence-corrected chi connectivity index (χ4v) is 4.21. The monoisotopic (exact) mass is 273 g/mol. The zero-order chi connectivity index (χ0) is 14.1. The second-order valence-corrected chi connectivity index (χ2v) is 6.91. The zero-order valence-electron chi connectivity index (χ0n) is 12.9. The molecule has 0 amide bonds. The number of aromatic hydroxyl groups is 1. The highest BCUT2D eigenvalue weighted by Crippen LogP contribution is 2.36. The van der Waals surface area contributed by atoms with E-state index in [9.17, 15) is 5.11 Å². The molecule has 2 atom stereocenters. The molecule has 20 heavy (non-hydrogen) atoms. The number of aryl methyl sites for hydroxylation is 2. The maximum atomic E-state index is 9.88. The Morgan fingerprint density at radius 2 is 1.70 bits per heavy atom. The minimum atomic E-state index is 0.458. The number of hydrogen-bond acceptors (Lipinski definition) is 2. The van der Waals surface area contributed by atoms with E-state index in [1.165, 1.54) is 50.8 Å². The third-order valence-corrected chi connectivity index (χ3v) is 5.33. The number of fused-ring (bicyclic) bond motifs is 1. The van der Waals surface area contributed by atoms with Crippen molar-refractivity contribution < 1.29 is 5.11 Å². The molecule has 2 heteroatoms. The van der Waals surface area contributed by atoms with Crippen LogP contribution in [0.4, 0.5) is 0 Å². The summed E-state index contributed by atoms with van der Waals surface area (Å²) in [5, 5.41) is 9.88. The van der Waals surface area contributed by atoms with Crippen LogP contribution in [0.3, 0.4) is 0 Å². The van der Waals surface area contributed by atoms with Gasteiger partial charge < -0.3 is 5.11 Å². The molecule has 2 nitrogen and oxygen atoms in total. The molecule has 0 radical (unpaired) electrons. The molecule has 2 unspecified atom stereocenters. The van der Waals surface area contributed by atoms with E-state index in [1.54, 1.807) is 0 Å². The molecule has 3 rings (SSSR count). The first-order valence-electron chi connectivity index (χ1n) is 8.15. The Balaban J connectivity index is 1.66. The van der Waals surface area contributed by atoms with Crippen molar-refractivity contribution >= 4 is 0 Å². The third-order valence-electron chi connectivity index (χ3n) is 5.33. The molecule has 2 aliphatic rings. The first kappa shape index (κ1) is 13.9. The Kier molecular flexibility index (Phi) is 4.02. The number of phenolic OH excluding ortho intramolecular Hbond substituents is 1. The number of likely N-dealkylation sites (tertiary alicyclic amines) is 1. The molecule has 1 saturated heterocycles. The molecule has 1 aliphatic carbocycles. The Hall–Kier alpha value is -1.02. The van der Waals surface area contributed by atoms with E-state index in [1.807, 2.05) is 13.8 Å². The molecular weight excluding hydrogens is 246 g/mol. The average molecular weight is 273 g/mol. The van der Waals surface area contributed by atoms with Crippen molar-refractivity contribution in [1.82, 2.24) is 4.90 Å². The van der Waals surface area contributed by atoms with Crippen LogP contribution in [0.15, 0.2) is 12.1 Å². The minimum absolute atomic E-state index is 0.458. The van der Waals surface area contributed by atoms with Gasteiger partial charge in [0.1, 0.15) is 5.75 Å². The number of nitrogens with zero attached hydrogens (tertiary/aromatic N) is 1. The molecule has 1 saturated carbocycles. The highest BCUT2D eigenvalue weighted by Gasteiger charge is 2.30. The highest BCUT2D eigenvalue weighted by atomic mass is 16.3. The van der Waals surface area contributed by atoms with Crippen LogP contribution < -0.4 is 0 Å². The number of rotatable bonds is 2. The van der Waals surface area contributed by atoms with E-state index in [0.717, 1.165) is 29.5 Å². The van der Waals surface area contributed by atoms with E-state index >= 15 is 0 Å². The van der Waals surface area contributed by atoms with Gasteiger partial charge in [0.05, 0.1) is 0 Å². The van der Waals surface area contributed by atoms with Crippen molar-refractivity contribution in [2.24, 2.45) is 11.8 Å². The van der Waals surface area contributed by atoms with Crippen LogP contribution in [0.1, 0.15) is 48.8 Å². The van der Waals surface area contributed by atoms with Gasteiger partial charge in [-0.05, 0) is 61.8 Å². The van der Waals surface area contributed by atoms with Crippen LogP contribution in [-0.2, 0) is 6.54 Å². The predicted octanol–water partition coefficient (Wildman–Crippen LogP) is 4.02. The SMILES string of the molecule is Cc1cc(CN2CCC3CCCCC3C2)cc(C)c1O. The largest absolute Gasteiger partial charge is 0.507 e. The standard InChI is InChI=1S/C18H27NO/c1-13-9-15(10-14(2)18(13)20)11-19-8-7-16-5-3-4-6-17(16)12-19/h9-10,16-17,20H,3-8,11-12H2,1-2H3. The van der Waals surface area contributed by atoms with Crippen LogP contribution >= 0.6 is 0 Å². The van der Waals surface area contributed by atoms with Crippen LogP contribution in [0.2, 0.25) is 0 Å². The lowest BCUT2D eigenvalue weighted by atomic mass is 9.75. The van der Waals surface area contributed by atoms with Gasteiger partial charge in [-0.1, -0.05) is 31.4 Å². The van der Waals surface area contributed by atoms with Crippen molar-refractivity contribution in [2.75, 3.05) is 13.1 Å². The van der Waals surface area contributed by atoms with Crippen LogP contribution in [-0.4, -0.2) is 23.1 Å². The first-order valence-corrected chi connectivity index (χ1v) is 8.15. The molecule has 1 aromatic carbocycles. The fourth-order valence-electron chi connectivity index (χ4n) is 4.21. The van der Waals surface area contributed by atoms with Crippen LogP contribution in [0.5, 0.6) is 5.75 Å². The van der Waals surface area contributed by atoms with Gasteiger partial charge in [-0.3, -0.25) is 4.90 Å². The summed E-state index contributed by atoms with van der Waals surface area (Å²) in [7, 11) is 0. The molecular formula is C18H27NO. The molecule has 2 fully saturated rings. The van der Waals surface area contributed by atoms with Gasteiger partial charge in [0, 0.05) is 13.1 Å². The summed E-state index contributed by atoms with van der Waals surface area (Å²) in [4.78, 5) is 2.62. The molecule has 0 bridgehead atoms. The lowest BCUT2D eigenvalue weighted by molar-refractivity contribution is 0.0820. The molecule has 1 aromatic rings. The third kappa shape index (κ3) is 2.85. The minimum Gasteiger partial charge on any atom is -0.507 e. The Labute approximate surface area is 122 Å². The van der Waals surface area contributed by atoms with E-state index in [-0.39, 0.29) is 0 Å². The van der Waals surface area contributed by atoms with E-state index in [4.69, 9.17) is 0 Å². The van der Waals surface area contributed by atoms with Crippen molar-refractivity contribution in [1.29, 1.82) is 0 Å². The van der Waals surface area contributed by atoms with Crippen molar-refractivity contribution in [3.05, 3.63) is 28.8 Å². The lowest BCUT2D eigenvalue weighted by Crippen LogP contribution is -2.41. The molecule has 1 heterocycles. The van der Waals surface area contributed by atoms with Crippen molar-refractivity contribution in [2.45, 2.75) is 52.5 Å². The van der Waals surface area contributed by atoms with Gasteiger partial charge in [0.15, 0.2) is 0 Å². The maximum absolute atomic E-state index is 9.88. The van der Waals surface area contributed by atoms with Gasteiger partial charge in [-0.25, -0.2) is 0 Å². The number of piperidine rings is 1. The molecule has 0 aromatic heterocycles. The topological polar surface area (TPSA) is 23.5 Å². The summed E-state index contributed by atoms with van der Waals surface area (Å²) < 4.78 is 0. The molecule has 0 spiro atoms. The van der Waals surface area contributed by atoms with Gasteiger partial charge in [-0.15, -0.1) is 0 Å². The van der Waals surface area contributed by atoms with Gasteiger partial charge in [-0.2, -0.15) is 0 Å². The summed E-state index contributed by atoms with van der Waals surface area (Å²) >= 11 is 0. The fraction of sp³-hybridized carbons (Fsp3) is 0.667. The predicted molar refractivity (Wildman–Crippen MR) is 82.9 cm³/mol. The first-order chi connectivity index (χ1) is 9.63. The van der Waals surface area contributed by atoms with Gasteiger partial charge >= 0.3 is 0 Å². The summed E-state index contributed by atoms with van der Waals surface area (Å²) in [6, 6.07) is 4.30. The number of hydrogen-bond donors (Lipinski definition) is 1. The van der Waals surface area contributed by atoms with Gasteiger partial charge in [0.25, 0.3) is 0 Å². The second kappa shape index (κ2) is 5.77. The molecule has 110 valence electrons. The normalized spacial score (nSPS) is 27.3. The Morgan fingerprint density at radius 3 is 2.40 bits per heavy atom. The summed E-state index contributed by atoms with van der Waals surface area (Å²) in [6.07, 6.45) is 7.19. The van der Waals surface area contributed by atoms with E-state index in [2.05, 4.69) is 17.0 Å². The Morgan fingerprint density at radius 1 is 1.05 bits per heavy atom. The summed E-state index contributed by atoms with van der Waals surface area (Å²) in [5.74, 6) is 2.40. The van der Waals surface area contributed by atoms with E-state index < -0.39 is 0 Å². The summed E-state index contributed by atoms with van der Waals surface area (Å²) in [5.41, 5.74) is 3.37. The summed E-state index contributed by atoms with van der Waals surface area (Å²) in [6.45, 7) is 7.58. The van der Waals surface area contributed by atoms with Crippen LogP contribution in [0.25, 0.3) is 0 Å². The zero-order valence-corrected chi connectivity index (χ0v) is 12.9. The average Bonchev–Trinajstić information content (AvgIpc) is 2.44. The van der Waals surface area contributed by atoms with Crippen LogP contribution in [0, 0.1) is 25.7 Å². The number of phenols is 1. The molecule has 1 aliphatic heterocycles. The smallest absolute Gasteiger partial charge is 0.121 e. The second-order valence-electron chi connectivity index (χ2n) is 6.91.